The zero-order valence-corrected chi connectivity index (χ0v) is 10.5. The van der Waals surface area contributed by atoms with Gasteiger partial charge >= 0.3 is 11.9 Å². The molecule has 0 saturated carbocycles. The lowest BCUT2D eigenvalue weighted by molar-refractivity contribution is -0.137. The van der Waals surface area contributed by atoms with Gasteiger partial charge in [-0.1, -0.05) is 12.1 Å². The molecule has 0 spiro atoms. The SMILES string of the molecule is CCOC(=O)C(=O)c1ccc(C)c(C(=O)OC)c1. The van der Waals surface area contributed by atoms with Crippen molar-refractivity contribution in [2.75, 3.05) is 13.7 Å². The molecule has 0 heterocycles. The van der Waals surface area contributed by atoms with Crippen LogP contribution in [0, 0.1) is 6.92 Å². The predicted octanol–water partition coefficient (Wildman–Crippen LogP) is 1.53. The Labute approximate surface area is 105 Å². The van der Waals surface area contributed by atoms with Crippen molar-refractivity contribution < 1.29 is 23.9 Å². The van der Waals surface area contributed by atoms with E-state index in [0.29, 0.717) is 5.56 Å². The van der Waals surface area contributed by atoms with Crippen molar-refractivity contribution in [3.8, 4) is 0 Å². The third kappa shape index (κ3) is 2.94. The van der Waals surface area contributed by atoms with Crippen molar-refractivity contribution in [1.29, 1.82) is 0 Å². The summed E-state index contributed by atoms with van der Waals surface area (Å²) in [6, 6.07) is 4.39. The maximum atomic E-state index is 11.7. The summed E-state index contributed by atoms with van der Waals surface area (Å²) in [5.74, 6) is -2.26. The molecule has 5 heteroatoms. The van der Waals surface area contributed by atoms with Gasteiger partial charge in [-0.3, -0.25) is 4.79 Å². The molecule has 18 heavy (non-hydrogen) atoms. The van der Waals surface area contributed by atoms with Crippen LogP contribution in [0.1, 0.15) is 33.2 Å². The zero-order valence-electron chi connectivity index (χ0n) is 10.5. The molecule has 0 atom stereocenters. The van der Waals surface area contributed by atoms with Crippen LogP contribution in [0.25, 0.3) is 0 Å². The van der Waals surface area contributed by atoms with E-state index in [1.54, 1.807) is 19.9 Å². The number of hydrogen-bond acceptors (Lipinski definition) is 5. The van der Waals surface area contributed by atoms with E-state index < -0.39 is 17.7 Å². The van der Waals surface area contributed by atoms with Crippen LogP contribution in [0.3, 0.4) is 0 Å². The van der Waals surface area contributed by atoms with Crippen molar-refractivity contribution in [2.24, 2.45) is 0 Å². The average Bonchev–Trinajstić information content (AvgIpc) is 2.38. The molecule has 0 aliphatic carbocycles. The average molecular weight is 250 g/mol. The summed E-state index contributed by atoms with van der Waals surface area (Å²) < 4.78 is 9.20. The Hall–Kier alpha value is -2.17. The van der Waals surface area contributed by atoms with Crippen LogP contribution in [0.2, 0.25) is 0 Å². The minimum Gasteiger partial charge on any atom is -0.465 e. The van der Waals surface area contributed by atoms with Gasteiger partial charge in [-0.25, -0.2) is 9.59 Å². The highest BCUT2D eigenvalue weighted by Crippen LogP contribution is 2.13. The second-order valence-corrected chi connectivity index (χ2v) is 3.57. The van der Waals surface area contributed by atoms with Gasteiger partial charge in [0.1, 0.15) is 0 Å². The van der Waals surface area contributed by atoms with Gasteiger partial charge in [0.15, 0.2) is 0 Å². The Balaban J connectivity index is 3.08. The Morgan fingerprint density at radius 2 is 1.89 bits per heavy atom. The number of Topliss-reactive ketones (excluding diaryl/α,β-unsaturated/α-hetero) is 1. The Morgan fingerprint density at radius 3 is 2.44 bits per heavy atom. The fraction of sp³-hybridized carbons (Fsp3) is 0.308. The number of esters is 2. The number of aryl methyl sites for hydroxylation is 1. The molecular formula is C13H14O5. The van der Waals surface area contributed by atoms with Crippen LogP contribution in [-0.4, -0.2) is 31.4 Å². The molecule has 0 N–H and O–H groups in total. The first-order valence-corrected chi connectivity index (χ1v) is 5.41. The first kappa shape index (κ1) is 13.9. The smallest absolute Gasteiger partial charge is 0.379 e. The minimum atomic E-state index is -0.933. The molecule has 0 aliphatic rings. The standard InChI is InChI=1S/C13H14O5/c1-4-18-13(16)11(14)9-6-5-8(2)10(7-9)12(15)17-3/h5-7H,4H2,1-3H3. The van der Waals surface area contributed by atoms with Crippen LogP contribution in [0.4, 0.5) is 0 Å². The maximum absolute atomic E-state index is 11.7. The highest BCUT2D eigenvalue weighted by Gasteiger charge is 2.20. The lowest BCUT2D eigenvalue weighted by Crippen LogP contribution is -2.18. The van der Waals surface area contributed by atoms with Gasteiger partial charge in [-0.05, 0) is 25.5 Å². The third-order valence-electron chi connectivity index (χ3n) is 2.37. The molecule has 0 fully saturated rings. The van der Waals surface area contributed by atoms with Crippen LogP contribution in [0.15, 0.2) is 18.2 Å². The van der Waals surface area contributed by atoms with Crippen molar-refractivity contribution in [2.45, 2.75) is 13.8 Å². The first-order chi connectivity index (χ1) is 8.51. The fourth-order valence-electron chi connectivity index (χ4n) is 1.41. The lowest BCUT2D eigenvalue weighted by Gasteiger charge is -2.06. The van der Waals surface area contributed by atoms with E-state index in [1.165, 1.54) is 19.2 Å². The molecule has 1 rings (SSSR count). The molecule has 1 aromatic rings. The molecule has 0 aromatic heterocycles. The van der Waals surface area contributed by atoms with Gasteiger partial charge in [0.25, 0.3) is 5.78 Å². The number of ether oxygens (including phenoxy) is 2. The van der Waals surface area contributed by atoms with E-state index in [4.69, 9.17) is 0 Å². The summed E-state index contributed by atoms with van der Waals surface area (Å²) in [4.78, 5) is 34.4. The van der Waals surface area contributed by atoms with Crippen LogP contribution < -0.4 is 0 Å². The minimum absolute atomic E-state index is 0.111. The van der Waals surface area contributed by atoms with Gasteiger partial charge in [0.05, 0.1) is 19.3 Å². The van der Waals surface area contributed by atoms with Crippen molar-refractivity contribution >= 4 is 17.7 Å². The van der Waals surface area contributed by atoms with Crippen molar-refractivity contribution in [1.82, 2.24) is 0 Å². The zero-order chi connectivity index (χ0) is 13.7. The normalized spacial score (nSPS) is 9.72. The Morgan fingerprint density at radius 1 is 1.22 bits per heavy atom. The van der Waals surface area contributed by atoms with Gasteiger partial charge in [0.2, 0.25) is 0 Å². The molecule has 0 saturated heterocycles. The third-order valence-corrected chi connectivity index (χ3v) is 2.37. The van der Waals surface area contributed by atoms with E-state index in [0.717, 1.165) is 0 Å². The van der Waals surface area contributed by atoms with Crippen molar-refractivity contribution in [3.05, 3.63) is 34.9 Å². The second kappa shape index (κ2) is 5.95. The van der Waals surface area contributed by atoms with E-state index in [2.05, 4.69) is 9.47 Å². The Kier molecular flexibility index (Phi) is 4.59. The topological polar surface area (TPSA) is 69.7 Å². The summed E-state index contributed by atoms with van der Waals surface area (Å²) in [5.41, 5.74) is 1.04. The summed E-state index contributed by atoms with van der Waals surface area (Å²) in [6.07, 6.45) is 0. The number of rotatable bonds is 4. The largest absolute Gasteiger partial charge is 0.465 e. The summed E-state index contributed by atoms with van der Waals surface area (Å²) >= 11 is 0. The lowest BCUT2D eigenvalue weighted by atomic mass is 10.0. The summed E-state index contributed by atoms with van der Waals surface area (Å²) in [7, 11) is 1.25. The summed E-state index contributed by atoms with van der Waals surface area (Å²) in [6.45, 7) is 3.45. The number of carbonyl (C=O) groups excluding carboxylic acids is 3. The molecule has 0 radical (unpaired) electrons. The van der Waals surface area contributed by atoms with E-state index in [-0.39, 0.29) is 17.7 Å². The number of methoxy groups -OCH3 is 1. The Bertz CT molecular complexity index is 490. The highest BCUT2D eigenvalue weighted by molar-refractivity contribution is 6.40. The number of benzene rings is 1. The number of ketones is 1. The van der Waals surface area contributed by atoms with Crippen LogP contribution in [0.5, 0.6) is 0 Å². The fourth-order valence-corrected chi connectivity index (χ4v) is 1.41. The molecule has 5 nitrogen and oxygen atoms in total. The van der Waals surface area contributed by atoms with Gasteiger partial charge < -0.3 is 9.47 Å². The first-order valence-electron chi connectivity index (χ1n) is 5.41. The molecule has 0 unspecified atom stereocenters. The van der Waals surface area contributed by atoms with Crippen LogP contribution in [-0.2, 0) is 14.3 Å². The quantitative estimate of drug-likeness (QED) is 0.460. The van der Waals surface area contributed by atoms with E-state index >= 15 is 0 Å². The molecule has 0 bridgehead atoms. The molecule has 0 aliphatic heterocycles. The van der Waals surface area contributed by atoms with E-state index in [9.17, 15) is 14.4 Å². The number of hydrogen-bond donors (Lipinski definition) is 0. The molecule has 96 valence electrons. The van der Waals surface area contributed by atoms with Crippen LogP contribution >= 0.6 is 0 Å². The maximum Gasteiger partial charge on any atom is 0.379 e. The van der Waals surface area contributed by atoms with Gasteiger partial charge in [0, 0.05) is 5.56 Å². The van der Waals surface area contributed by atoms with Gasteiger partial charge in [-0.15, -0.1) is 0 Å². The summed E-state index contributed by atoms with van der Waals surface area (Å²) in [5, 5.41) is 0. The van der Waals surface area contributed by atoms with E-state index in [1.807, 2.05) is 0 Å². The van der Waals surface area contributed by atoms with Gasteiger partial charge in [-0.2, -0.15) is 0 Å². The monoisotopic (exact) mass is 250 g/mol. The van der Waals surface area contributed by atoms with Crippen molar-refractivity contribution in [3.63, 3.8) is 0 Å². The predicted molar refractivity (Wildman–Crippen MR) is 63.5 cm³/mol. The second-order valence-electron chi connectivity index (χ2n) is 3.57. The molecule has 0 amide bonds. The molecule has 1 aromatic carbocycles. The number of carbonyl (C=O) groups is 3. The molecular weight excluding hydrogens is 236 g/mol. The highest BCUT2D eigenvalue weighted by atomic mass is 16.5.